The second kappa shape index (κ2) is 6.83. The van der Waals surface area contributed by atoms with Crippen LogP contribution >= 0.6 is 0 Å². The fourth-order valence-corrected chi connectivity index (χ4v) is 1.87. The van der Waals surface area contributed by atoms with Gasteiger partial charge < -0.3 is 10.1 Å². The zero-order valence-corrected chi connectivity index (χ0v) is 11.6. The third-order valence-electron chi connectivity index (χ3n) is 2.81. The van der Waals surface area contributed by atoms with Crippen molar-refractivity contribution < 1.29 is 18.8 Å². The van der Waals surface area contributed by atoms with Crippen molar-refractivity contribution in [2.24, 2.45) is 0 Å². The maximum absolute atomic E-state index is 13.7. The van der Waals surface area contributed by atoms with Gasteiger partial charge in [-0.05, 0) is 19.4 Å². The second-order valence-corrected chi connectivity index (χ2v) is 4.43. The van der Waals surface area contributed by atoms with Gasteiger partial charge in [-0.15, -0.1) is 0 Å². The summed E-state index contributed by atoms with van der Waals surface area (Å²) >= 11 is 0. The molecular formula is C13H17FN2O4. The minimum atomic E-state index is -0.975. The van der Waals surface area contributed by atoms with Crippen molar-refractivity contribution in [2.45, 2.75) is 32.7 Å². The molecular weight excluding hydrogens is 267 g/mol. The van der Waals surface area contributed by atoms with Crippen LogP contribution in [0.4, 0.5) is 15.8 Å². The molecule has 1 N–H and O–H groups in total. The average Bonchev–Trinajstić information content (AvgIpc) is 2.39. The average molecular weight is 284 g/mol. The predicted octanol–water partition coefficient (Wildman–Crippen LogP) is 3.12. The highest BCUT2D eigenvalue weighted by atomic mass is 19.1. The van der Waals surface area contributed by atoms with Gasteiger partial charge in [0.1, 0.15) is 11.5 Å². The minimum Gasteiger partial charge on any atom is -0.465 e. The molecule has 1 unspecified atom stereocenters. The van der Waals surface area contributed by atoms with E-state index >= 15 is 0 Å². The summed E-state index contributed by atoms with van der Waals surface area (Å²) in [6.07, 6.45) is 1.69. The Kier molecular flexibility index (Phi) is 5.42. The Balaban J connectivity index is 3.23. The van der Waals surface area contributed by atoms with Crippen molar-refractivity contribution in [3.05, 3.63) is 33.6 Å². The standard InChI is InChI=1S/C13H17FN2O4/c1-4-5-8(2)15-11-6-9(13(17)20-3)10(14)7-12(11)16(18)19/h6-8,15H,4-5H2,1-3H3. The van der Waals surface area contributed by atoms with Crippen LogP contribution in [-0.4, -0.2) is 24.0 Å². The van der Waals surface area contributed by atoms with E-state index < -0.39 is 22.4 Å². The number of halogens is 1. The first-order valence-corrected chi connectivity index (χ1v) is 6.23. The second-order valence-electron chi connectivity index (χ2n) is 4.43. The van der Waals surface area contributed by atoms with E-state index in [1.807, 2.05) is 13.8 Å². The van der Waals surface area contributed by atoms with Crippen LogP contribution in [0.1, 0.15) is 37.0 Å². The summed E-state index contributed by atoms with van der Waals surface area (Å²) in [4.78, 5) is 21.7. The van der Waals surface area contributed by atoms with E-state index in [4.69, 9.17) is 0 Å². The van der Waals surface area contributed by atoms with Crippen molar-refractivity contribution in [2.75, 3.05) is 12.4 Å². The van der Waals surface area contributed by atoms with E-state index in [1.54, 1.807) is 0 Å². The number of hydrogen-bond donors (Lipinski definition) is 1. The fraction of sp³-hybridized carbons (Fsp3) is 0.462. The van der Waals surface area contributed by atoms with Crippen molar-refractivity contribution in [1.29, 1.82) is 0 Å². The summed E-state index contributed by atoms with van der Waals surface area (Å²) in [5.41, 5.74) is -0.625. The van der Waals surface area contributed by atoms with Gasteiger partial charge in [0, 0.05) is 6.04 Å². The van der Waals surface area contributed by atoms with E-state index in [9.17, 15) is 19.3 Å². The van der Waals surface area contributed by atoms with Gasteiger partial charge in [0.2, 0.25) is 0 Å². The monoisotopic (exact) mass is 284 g/mol. The Morgan fingerprint density at radius 1 is 1.55 bits per heavy atom. The van der Waals surface area contributed by atoms with Crippen LogP contribution in [0.25, 0.3) is 0 Å². The van der Waals surface area contributed by atoms with Crippen molar-refractivity contribution in [1.82, 2.24) is 0 Å². The number of carbonyl (C=O) groups is 1. The van der Waals surface area contributed by atoms with Crippen LogP contribution < -0.4 is 5.32 Å². The van der Waals surface area contributed by atoms with Crippen LogP contribution in [0.5, 0.6) is 0 Å². The number of ether oxygens (including phenoxy) is 1. The fourth-order valence-electron chi connectivity index (χ4n) is 1.87. The van der Waals surface area contributed by atoms with E-state index in [0.717, 1.165) is 32.1 Å². The highest BCUT2D eigenvalue weighted by Gasteiger charge is 2.23. The Labute approximate surface area is 116 Å². The van der Waals surface area contributed by atoms with Crippen LogP contribution in [0, 0.1) is 15.9 Å². The first-order chi connectivity index (χ1) is 9.40. The Bertz CT molecular complexity index is 519. The minimum absolute atomic E-state index is 0.0327. The number of rotatable bonds is 6. The van der Waals surface area contributed by atoms with Gasteiger partial charge >= 0.3 is 5.97 Å². The molecule has 110 valence electrons. The molecule has 0 saturated carbocycles. The van der Waals surface area contributed by atoms with Gasteiger partial charge in [-0.25, -0.2) is 9.18 Å². The Morgan fingerprint density at radius 3 is 2.70 bits per heavy atom. The maximum Gasteiger partial charge on any atom is 0.340 e. The van der Waals surface area contributed by atoms with Crippen LogP contribution in [0.15, 0.2) is 12.1 Å². The van der Waals surface area contributed by atoms with Gasteiger partial charge in [0.05, 0.1) is 23.7 Å². The van der Waals surface area contributed by atoms with Gasteiger partial charge in [0.25, 0.3) is 5.69 Å². The molecule has 1 rings (SSSR count). The van der Waals surface area contributed by atoms with Gasteiger partial charge in [-0.3, -0.25) is 10.1 Å². The molecule has 0 bridgehead atoms. The highest BCUT2D eigenvalue weighted by molar-refractivity contribution is 5.92. The van der Waals surface area contributed by atoms with E-state index in [0.29, 0.717) is 0 Å². The Morgan fingerprint density at radius 2 is 2.20 bits per heavy atom. The lowest BCUT2D eigenvalue weighted by atomic mass is 10.1. The molecule has 1 aromatic rings. The smallest absolute Gasteiger partial charge is 0.340 e. The lowest BCUT2D eigenvalue weighted by molar-refractivity contribution is -0.384. The summed E-state index contributed by atoms with van der Waals surface area (Å²) in [5.74, 6) is -1.85. The largest absolute Gasteiger partial charge is 0.465 e. The molecule has 6 nitrogen and oxygen atoms in total. The quantitative estimate of drug-likeness (QED) is 0.493. The number of hydrogen-bond acceptors (Lipinski definition) is 5. The lowest BCUT2D eigenvalue weighted by Gasteiger charge is -2.15. The van der Waals surface area contributed by atoms with Crippen LogP contribution in [-0.2, 0) is 4.74 Å². The van der Waals surface area contributed by atoms with Crippen LogP contribution in [0.2, 0.25) is 0 Å². The topological polar surface area (TPSA) is 81.5 Å². The van der Waals surface area contributed by atoms with E-state index in [2.05, 4.69) is 10.1 Å². The number of esters is 1. The number of nitrogens with zero attached hydrogens (tertiary/aromatic N) is 1. The normalized spacial score (nSPS) is 11.8. The zero-order valence-electron chi connectivity index (χ0n) is 11.6. The van der Waals surface area contributed by atoms with Crippen molar-refractivity contribution >= 4 is 17.3 Å². The summed E-state index contributed by atoms with van der Waals surface area (Å²) in [5, 5.41) is 13.9. The molecule has 0 heterocycles. The zero-order chi connectivity index (χ0) is 15.3. The predicted molar refractivity (Wildman–Crippen MR) is 72.4 cm³/mol. The molecule has 0 aromatic heterocycles. The first-order valence-electron chi connectivity index (χ1n) is 6.23. The summed E-state index contributed by atoms with van der Waals surface area (Å²) < 4.78 is 18.1. The van der Waals surface area contributed by atoms with Crippen molar-refractivity contribution in [3.63, 3.8) is 0 Å². The number of nitro groups is 1. The number of carbonyl (C=O) groups excluding carboxylic acids is 1. The maximum atomic E-state index is 13.7. The summed E-state index contributed by atoms with van der Waals surface area (Å²) in [6, 6.07) is 1.81. The molecule has 0 amide bonds. The van der Waals surface area contributed by atoms with Crippen molar-refractivity contribution in [3.8, 4) is 0 Å². The van der Waals surface area contributed by atoms with E-state index in [1.165, 1.54) is 0 Å². The van der Waals surface area contributed by atoms with E-state index in [-0.39, 0.29) is 17.3 Å². The van der Waals surface area contributed by atoms with Crippen LogP contribution in [0.3, 0.4) is 0 Å². The molecule has 7 heteroatoms. The third-order valence-corrected chi connectivity index (χ3v) is 2.81. The number of methoxy groups -OCH3 is 1. The highest BCUT2D eigenvalue weighted by Crippen LogP contribution is 2.29. The number of nitro benzene ring substituents is 1. The third kappa shape index (κ3) is 3.66. The summed E-state index contributed by atoms with van der Waals surface area (Å²) in [7, 11) is 1.12. The SMILES string of the molecule is CCCC(C)Nc1cc(C(=O)OC)c(F)cc1[N+](=O)[O-]. The molecule has 0 aliphatic rings. The molecule has 0 radical (unpaired) electrons. The molecule has 1 atom stereocenters. The molecule has 20 heavy (non-hydrogen) atoms. The van der Waals surface area contributed by atoms with Gasteiger partial charge in [-0.1, -0.05) is 13.3 Å². The molecule has 0 fully saturated rings. The number of anilines is 1. The first kappa shape index (κ1) is 15.9. The number of nitrogens with one attached hydrogen (secondary N) is 1. The number of benzene rings is 1. The van der Waals surface area contributed by atoms with Gasteiger partial charge in [-0.2, -0.15) is 0 Å². The molecule has 0 aliphatic carbocycles. The van der Waals surface area contributed by atoms with Gasteiger partial charge in [0.15, 0.2) is 0 Å². The lowest BCUT2D eigenvalue weighted by Crippen LogP contribution is -2.17. The molecule has 0 aliphatic heterocycles. The molecule has 0 saturated heterocycles. The molecule has 0 spiro atoms. The molecule has 1 aromatic carbocycles. The summed E-state index contributed by atoms with van der Waals surface area (Å²) in [6.45, 7) is 3.84. The Hall–Kier alpha value is -2.18.